The summed E-state index contributed by atoms with van der Waals surface area (Å²) in [6, 6.07) is 7.22. The molecule has 1 aromatic rings. The Labute approximate surface area is 125 Å². The maximum atomic E-state index is 11.6. The zero-order chi connectivity index (χ0) is 15.5. The van der Waals surface area contributed by atoms with Crippen molar-refractivity contribution >= 4 is 15.9 Å². The third-order valence-corrected chi connectivity index (χ3v) is 4.96. The lowest BCUT2D eigenvalue weighted by Crippen LogP contribution is -2.34. The van der Waals surface area contributed by atoms with E-state index in [1.165, 1.54) is 10.6 Å². The normalized spacial score (nSPS) is 18.3. The average molecular weight is 311 g/mol. The van der Waals surface area contributed by atoms with Gasteiger partial charge in [-0.25, -0.2) is 12.7 Å². The van der Waals surface area contributed by atoms with Gasteiger partial charge in [0.15, 0.2) is 0 Å². The van der Waals surface area contributed by atoms with Crippen LogP contribution in [0.4, 0.5) is 0 Å². The Hall–Kier alpha value is -1.44. The minimum Gasteiger partial charge on any atom is -0.366 e. The SMILES string of the molecule is CS(=O)(=O)N1CCCN(Cc2ccc(C(N)=O)cc2)CC1. The first-order valence-corrected chi connectivity index (χ1v) is 8.77. The molecule has 7 heteroatoms. The zero-order valence-corrected chi connectivity index (χ0v) is 13.0. The van der Waals surface area contributed by atoms with E-state index in [-0.39, 0.29) is 0 Å². The fraction of sp³-hybridized carbons (Fsp3) is 0.500. The number of hydrogen-bond acceptors (Lipinski definition) is 4. The highest BCUT2D eigenvalue weighted by Gasteiger charge is 2.21. The molecule has 0 unspecified atom stereocenters. The predicted octanol–water partition coefficient (Wildman–Crippen LogP) is 0.253. The van der Waals surface area contributed by atoms with Crippen molar-refractivity contribution in [3.05, 3.63) is 35.4 Å². The fourth-order valence-electron chi connectivity index (χ4n) is 2.47. The van der Waals surface area contributed by atoms with E-state index in [0.717, 1.165) is 25.1 Å². The highest BCUT2D eigenvalue weighted by molar-refractivity contribution is 7.88. The third-order valence-electron chi connectivity index (χ3n) is 3.66. The van der Waals surface area contributed by atoms with Crippen LogP contribution in [0.3, 0.4) is 0 Å². The molecule has 1 heterocycles. The minimum atomic E-state index is -3.11. The van der Waals surface area contributed by atoms with Crippen molar-refractivity contribution in [3.63, 3.8) is 0 Å². The number of carbonyl (C=O) groups excluding carboxylic acids is 1. The monoisotopic (exact) mass is 311 g/mol. The summed E-state index contributed by atoms with van der Waals surface area (Å²) in [4.78, 5) is 13.3. The molecule has 0 saturated carbocycles. The molecule has 0 radical (unpaired) electrons. The number of nitrogens with two attached hydrogens (primary N) is 1. The highest BCUT2D eigenvalue weighted by atomic mass is 32.2. The summed E-state index contributed by atoms with van der Waals surface area (Å²) in [6.07, 6.45) is 2.08. The number of primary amides is 1. The van der Waals surface area contributed by atoms with Crippen molar-refractivity contribution in [2.24, 2.45) is 5.73 Å². The smallest absolute Gasteiger partial charge is 0.248 e. The first-order chi connectivity index (χ1) is 9.86. The van der Waals surface area contributed by atoms with Gasteiger partial charge in [0.1, 0.15) is 0 Å². The second-order valence-corrected chi connectivity index (χ2v) is 7.34. The van der Waals surface area contributed by atoms with Gasteiger partial charge in [-0.1, -0.05) is 12.1 Å². The van der Waals surface area contributed by atoms with E-state index < -0.39 is 15.9 Å². The Bertz CT molecular complexity index is 598. The van der Waals surface area contributed by atoms with Gasteiger partial charge >= 0.3 is 0 Å². The number of rotatable bonds is 4. The summed E-state index contributed by atoms with van der Waals surface area (Å²) >= 11 is 0. The zero-order valence-electron chi connectivity index (χ0n) is 12.2. The summed E-state index contributed by atoms with van der Waals surface area (Å²) in [5.41, 5.74) is 6.80. The molecule has 1 aliphatic rings. The second-order valence-electron chi connectivity index (χ2n) is 5.35. The highest BCUT2D eigenvalue weighted by Crippen LogP contribution is 2.11. The number of sulfonamides is 1. The van der Waals surface area contributed by atoms with Crippen LogP contribution in [0, 0.1) is 0 Å². The van der Waals surface area contributed by atoms with Gasteiger partial charge in [-0.2, -0.15) is 0 Å². The van der Waals surface area contributed by atoms with Gasteiger partial charge in [-0.15, -0.1) is 0 Å². The average Bonchev–Trinajstić information content (AvgIpc) is 2.64. The molecule has 1 amide bonds. The number of carbonyl (C=O) groups is 1. The first-order valence-electron chi connectivity index (χ1n) is 6.92. The van der Waals surface area contributed by atoms with Crippen molar-refractivity contribution in [2.75, 3.05) is 32.4 Å². The van der Waals surface area contributed by atoms with Crippen LogP contribution >= 0.6 is 0 Å². The van der Waals surface area contributed by atoms with E-state index in [4.69, 9.17) is 5.73 Å². The molecule has 1 aromatic carbocycles. The van der Waals surface area contributed by atoms with Crippen LogP contribution in [0.1, 0.15) is 22.3 Å². The fourth-order valence-corrected chi connectivity index (χ4v) is 3.34. The molecule has 1 aliphatic heterocycles. The lowest BCUT2D eigenvalue weighted by atomic mass is 10.1. The molecule has 1 fully saturated rings. The van der Waals surface area contributed by atoms with Gasteiger partial charge in [-0.3, -0.25) is 9.69 Å². The molecular weight excluding hydrogens is 290 g/mol. The number of nitrogens with zero attached hydrogens (tertiary/aromatic N) is 2. The predicted molar refractivity (Wildman–Crippen MR) is 81.3 cm³/mol. The molecule has 2 N–H and O–H groups in total. The maximum Gasteiger partial charge on any atom is 0.248 e. The quantitative estimate of drug-likeness (QED) is 0.864. The van der Waals surface area contributed by atoms with E-state index in [0.29, 0.717) is 25.2 Å². The van der Waals surface area contributed by atoms with Crippen molar-refractivity contribution in [1.82, 2.24) is 9.21 Å². The summed E-state index contributed by atoms with van der Waals surface area (Å²) < 4.78 is 24.7. The Morgan fingerprint density at radius 1 is 1.14 bits per heavy atom. The number of amides is 1. The van der Waals surface area contributed by atoms with Gasteiger partial charge in [0.2, 0.25) is 15.9 Å². The van der Waals surface area contributed by atoms with Gasteiger partial charge < -0.3 is 5.73 Å². The number of hydrogen-bond donors (Lipinski definition) is 1. The summed E-state index contributed by atoms with van der Waals surface area (Å²) in [6.45, 7) is 3.43. The van der Waals surface area contributed by atoms with Crippen LogP contribution in [0.2, 0.25) is 0 Å². The van der Waals surface area contributed by atoms with Crippen molar-refractivity contribution in [2.45, 2.75) is 13.0 Å². The molecule has 0 atom stereocenters. The molecule has 0 aromatic heterocycles. The molecule has 0 aliphatic carbocycles. The van der Waals surface area contributed by atoms with E-state index in [9.17, 15) is 13.2 Å². The third kappa shape index (κ3) is 4.52. The van der Waals surface area contributed by atoms with Gasteiger partial charge in [-0.05, 0) is 30.7 Å². The summed E-state index contributed by atoms with van der Waals surface area (Å²) in [5.74, 6) is -0.430. The molecular formula is C14H21N3O3S. The lowest BCUT2D eigenvalue weighted by Gasteiger charge is -2.20. The standard InChI is InChI=1S/C14H21N3O3S/c1-21(19,20)17-8-2-7-16(9-10-17)11-12-3-5-13(6-4-12)14(15)18/h3-6H,2,7-11H2,1H3,(H2,15,18). The Balaban J connectivity index is 1.96. The van der Waals surface area contributed by atoms with Crippen LogP contribution in [-0.4, -0.2) is 56.0 Å². The number of benzene rings is 1. The van der Waals surface area contributed by atoms with Crippen molar-refractivity contribution < 1.29 is 13.2 Å². The second kappa shape index (κ2) is 6.55. The van der Waals surface area contributed by atoms with Crippen LogP contribution in [0.15, 0.2) is 24.3 Å². The van der Waals surface area contributed by atoms with Gasteiger partial charge in [0.05, 0.1) is 6.26 Å². The van der Waals surface area contributed by atoms with Gasteiger partial charge in [0.25, 0.3) is 0 Å². The molecule has 0 bridgehead atoms. The van der Waals surface area contributed by atoms with E-state index in [2.05, 4.69) is 4.90 Å². The summed E-state index contributed by atoms with van der Waals surface area (Å²) in [7, 11) is -3.11. The van der Waals surface area contributed by atoms with Crippen LogP contribution in [0.25, 0.3) is 0 Å². The summed E-state index contributed by atoms with van der Waals surface area (Å²) in [5, 5.41) is 0. The molecule has 21 heavy (non-hydrogen) atoms. The molecule has 2 rings (SSSR count). The molecule has 1 saturated heterocycles. The van der Waals surface area contributed by atoms with E-state index in [1.807, 2.05) is 12.1 Å². The molecule has 6 nitrogen and oxygen atoms in total. The lowest BCUT2D eigenvalue weighted by molar-refractivity contribution is 0.1000. The van der Waals surface area contributed by atoms with Crippen molar-refractivity contribution in [1.29, 1.82) is 0 Å². The largest absolute Gasteiger partial charge is 0.366 e. The Morgan fingerprint density at radius 3 is 2.38 bits per heavy atom. The minimum absolute atomic E-state index is 0.430. The van der Waals surface area contributed by atoms with Crippen LogP contribution in [0.5, 0.6) is 0 Å². The van der Waals surface area contributed by atoms with Gasteiger partial charge in [0, 0.05) is 31.7 Å². The Morgan fingerprint density at radius 2 is 1.81 bits per heavy atom. The first kappa shape index (κ1) is 15.9. The molecule has 116 valence electrons. The van der Waals surface area contributed by atoms with Crippen molar-refractivity contribution in [3.8, 4) is 0 Å². The van der Waals surface area contributed by atoms with Crippen LogP contribution < -0.4 is 5.73 Å². The van der Waals surface area contributed by atoms with Crippen LogP contribution in [-0.2, 0) is 16.6 Å². The van der Waals surface area contributed by atoms with E-state index in [1.54, 1.807) is 12.1 Å². The molecule has 0 spiro atoms. The Kier molecular flexibility index (Phi) is 4.97. The maximum absolute atomic E-state index is 11.6. The van der Waals surface area contributed by atoms with E-state index >= 15 is 0 Å². The topological polar surface area (TPSA) is 83.7 Å².